The Labute approximate surface area is 237 Å². The minimum Gasteiger partial charge on any atom is -0.495 e. The van der Waals surface area contributed by atoms with Crippen molar-refractivity contribution in [1.82, 2.24) is 24.5 Å². The Morgan fingerprint density at radius 1 is 0.925 bits per heavy atom. The standard InChI is InChI=1S/C30H30ClN7O2/c1-35(28-24-8-3-4-9-25(24)38-29(31)33-34-30(38)32-28)22-7-5-6-20(16-22)21-10-11-26(27(17-21)39-2)37-14-12-36(13-15-37)23-18-40-19-23/h3-11,16-17,23H,12-15,18-19H2,1-2H3. The van der Waals surface area contributed by atoms with Crippen LogP contribution in [0.4, 0.5) is 17.2 Å². The highest BCUT2D eigenvalue weighted by Gasteiger charge is 2.29. The molecule has 0 atom stereocenters. The number of halogens is 1. The molecule has 0 unspecified atom stereocenters. The van der Waals surface area contributed by atoms with Crippen LogP contribution in [-0.2, 0) is 4.74 Å². The van der Waals surface area contributed by atoms with Crippen molar-refractivity contribution in [3.8, 4) is 16.9 Å². The number of ether oxygens (including phenoxy) is 2. The average Bonchev–Trinajstić information content (AvgIpc) is 3.36. The van der Waals surface area contributed by atoms with Crippen LogP contribution in [0.15, 0.2) is 66.7 Å². The van der Waals surface area contributed by atoms with Gasteiger partial charge in [-0.3, -0.25) is 4.90 Å². The summed E-state index contributed by atoms with van der Waals surface area (Å²) < 4.78 is 13.0. The third-order valence-electron chi connectivity index (χ3n) is 8.05. The van der Waals surface area contributed by atoms with Crippen molar-refractivity contribution in [3.63, 3.8) is 0 Å². The lowest BCUT2D eigenvalue weighted by atomic mass is 10.0. The maximum absolute atomic E-state index is 6.32. The number of hydrogen-bond acceptors (Lipinski definition) is 8. The van der Waals surface area contributed by atoms with Gasteiger partial charge in [0.1, 0.15) is 11.6 Å². The molecule has 10 heteroatoms. The molecule has 4 heterocycles. The molecule has 2 fully saturated rings. The summed E-state index contributed by atoms with van der Waals surface area (Å²) in [5.74, 6) is 2.13. The fraction of sp³-hybridized carbons (Fsp3) is 0.300. The molecule has 0 radical (unpaired) electrons. The summed E-state index contributed by atoms with van der Waals surface area (Å²) in [6, 6.07) is 23.5. The van der Waals surface area contributed by atoms with Crippen LogP contribution in [-0.4, -0.2) is 84.1 Å². The lowest BCUT2D eigenvalue weighted by molar-refractivity contribution is -0.0660. The van der Waals surface area contributed by atoms with Crippen LogP contribution in [0.2, 0.25) is 5.28 Å². The van der Waals surface area contributed by atoms with Gasteiger partial charge in [0.25, 0.3) is 5.78 Å². The Morgan fingerprint density at radius 2 is 1.73 bits per heavy atom. The maximum atomic E-state index is 6.32. The van der Waals surface area contributed by atoms with E-state index in [9.17, 15) is 0 Å². The Hall–Kier alpha value is -3.92. The molecule has 0 spiro atoms. The molecule has 2 aliphatic heterocycles. The number of rotatable bonds is 6. The van der Waals surface area contributed by atoms with Crippen LogP contribution in [0.3, 0.4) is 0 Å². The van der Waals surface area contributed by atoms with Crippen LogP contribution in [0, 0.1) is 0 Å². The summed E-state index contributed by atoms with van der Waals surface area (Å²) >= 11 is 6.32. The first kappa shape index (κ1) is 25.1. The largest absolute Gasteiger partial charge is 0.495 e. The van der Waals surface area contributed by atoms with E-state index in [0.717, 1.165) is 84.4 Å². The highest BCUT2D eigenvalue weighted by Crippen LogP contribution is 2.37. The topological polar surface area (TPSA) is 71.3 Å². The third kappa shape index (κ3) is 4.30. The quantitative estimate of drug-likeness (QED) is 0.293. The van der Waals surface area contributed by atoms with Crippen LogP contribution in [0.5, 0.6) is 5.75 Å². The molecule has 0 amide bonds. The van der Waals surface area contributed by atoms with Crippen LogP contribution >= 0.6 is 11.6 Å². The van der Waals surface area contributed by atoms with Crippen LogP contribution in [0.1, 0.15) is 0 Å². The highest BCUT2D eigenvalue weighted by atomic mass is 35.5. The molecular weight excluding hydrogens is 526 g/mol. The second-order valence-corrected chi connectivity index (χ2v) is 10.6. The normalized spacial score (nSPS) is 16.4. The zero-order valence-corrected chi connectivity index (χ0v) is 23.3. The number of anilines is 3. The predicted molar refractivity (Wildman–Crippen MR) is 158 cm³/mol. The molecule has 0 aliphatic carbocycles. The molecule has 2 aromatic heterocycles. The number of aromatic nitrogens is 4. The van der Waals surface area contributed by atoms with Gasteiger partial charge in [-0.1, -0.05) is 30.3 Å². The third-order valence-corrected chi connectivity index (χ3v) is 8.30. The van der Waals surface area contributed by atoms with Gasteiger partial charge in [-0.15, -0.1) is 10.2 Å². The number of hydrogen-bond donors (Lipinski definition) is 0. The van der Waals surface area contributed by atoms with Crippen molar-refractivity contribution < 1.29 is 9.47 Å². The molecule has 204 valence electrons. The van der Waals surface area contributed by atoms with Gasteiger partial charge in [0.15, 0.2) is 0 Å². The average molecular weight is 556 g/mol. The van der Waals surface area contributed by atoms with E-state index in [1.54, 1.807) is 11.5 Å². The van der Waals surface area contributed by atoms with Crippen LogP contribution < -0.4 is 14.5 Å². The number of benzene rings is 3. The van der Waals surface area contributed by atoms with Gasteiger partial charge in [-0.2, -0.15) is 4.98 Å². The monoisotopic (exact) mass is 555 g/mol. The zero-order valence-electron chi connectivity index (χ0n) is 22.5. The summed E-state index contributed by atoms with van der Waals surface area (Å²) in [5.41, 5.74) is 5.24. The maximum Gasteiger partial charge on any atom is 0.258 e. The van der Waals surface area contributed by atoms with Gasteiger partial charge >= 0.3 is 0 Å². The second kappa shape index (κ2) is 10.2. The van der Waals surface area contributed by atoms with E-state index in [1.165, 1.54) is 0 Å². The summed E-state index contributed by atoms with van der Waals surface area (Å²) in [5, 5.41) is 9.45. The first-order chi connectivity index (χ1) is 19.6. The van der Waals surface area contributed by atoms with E-state index in [4.69, 9.17) is 26.1 Å². The minimum absolute atomic E-state index is 0.294. The van der Waals surface area contributed by atoms with Crippen molar-refractivity contribution >= 4 is 45.5 Å². The molecule has 5 aromatic rings. The molecule has 9 nitrogen and oxygen atoms in total. The SMILES string of the molecule is COc1cc(-c2cccc(N(C)c3nc4nnc(Cl)n4c4ccccc34)c2)ccc1N1CCN(C2COC2)CC1. The van der Waals surface area contributed by atoms with E-state index in [2.05, 4.69) is 67.4 Å². The van der Waals surface area contributed by atoms with Crippen LogP contribution in [0.25, 0.3) is 27.8 Å². The van der Waals surface area contributed by atoms with Crippen molar-refractivity contribution in [1.29, 1.82) is 0 Å². The van der Waals surface area contributed by atoms with E-state index in [1.807, 2.05) is 31.3 Å². The lowest BCUT2D eigenvalue weighted by Crippen LogP contribution is -2.56. The zero-order chi connectivity index (χ0) is 27.2. The molecule has 0 bridgehead atoms. The van der Waals surface area contributed by atoms with Crippen molar-refractivity contribution in [3.05, 3.63) is 72.0 Å². The summed E-state index contributed by atoms with van der Waals surface area (Å²) in [7, 11) is 3.76. The molecule has 2 aliphatic rings. The van der Waals surface area contributed by atoms with Gasteiger partial charge in [0, 0.05) is 44.3 Å². The van der Waals surface area contributed by atoms with Gasteiger partial charge in [-0.25, -0.2) is 4.40 Å². The Balaban J connectivity index is 1.18. The van der Waals surface area contributed by atoms with E-state index >= 15 is 0 Å². The van der Waals surface area contributed by atoms with Gasteiger partial charge in [0.05, 0.1) is 37.6 Å². The Morgan fingerprint density at radius 3 is 2.50 bits per heavy atom. The van der Waals surface area contributed by atoms with Gasteiger partial charge in [-0.05, 0) is 59.1 Å². The highest BCUT2D eigenvalue weighted by molar-refractivity contribution is 6.29. The summed E-state index contributed by atoms with van der Waals surface area (Å²) in [6.45, 7) is 5.78. The lowest BCUT2D eigenvalue weighted by Gasteiger charge is -2.43. The number of nitrogens with zero attached hydrogens (tertiary/aromatic N) is 7. The van der Waals surface area contributed by atoms with Crippen molar-refractivity contribution in [2.45, 2.75) is 6.04 Å². The summed E-state index contributed by atoms with van der Waals surface area (Å²) in [6.07, 6.45) is 0. The van der Waals surface area contributed by atoms with E-state index in [0.29, 0.717) is 17.1 Å². The number of para-hydroxylation sites is 1. The molecular formula is C30H30ClN7O2. The molecule has 0 saturated carbocycles. The van der Waals surface area contributed by atoms with E-state index in [-0.39, 0.29) is 0 Å². The van der Waals surface area contributed by atoms with Gasteiger partial charge < -0.3 is 19.3 Å². The first-order valence-electron chi connectivity index (χ1n) is 13.5. The molecule has 0 N–H and O–H groups in total. The van der Waals surface area contributed by atoms with Crippen molar-refractivity contribution in [2.24, 2.45) is 0 Å². The summed E-state index contributed by atoms with van der Waals surface area (Å²) in [4.78, 5) is 11.9. The fourth-order valence-electron chi connectivity index (χ4n) is 5.70. The van der Waals surface area contributed by atoms with E-state index < -0.39 is 0 Å². The predicted octanol–water partition coefficient (Wildman–Crippen LogP) is 4.90. The molecule has 40 heavy (non-hydrogen) atoms. The molecule has 7 rings (SSSR count). The molecule has 2 saturated heterocycles. The fourth-order valence-corrected chi connectivity index (χ4v) is 5.91. The van der Waals surface area contributed by atoms with Gasteiger partial charge in [0.2, 0.25) is 5.28 Å². The van der Waals surface area contributed by atoms with Crippen molar-refractivity contribution in [2.75, 3.05) is 63.4 Å². The first-order valence-corrected chi connectivity index (χ1v) is 13.9. The second-order valence-electron chi connectivity index (χ2n) is 10.3. The molecule has 3 aromatic carbocycles. The number of methoxy groups -OCH3 is 1. The minimum atomic E-state index is 0.294. The number of piperazine rings is 1. The number of fused-ring (bicyclic) bond motifs is 3. The Bertz CT molecular complexity index is 1690. The Kier molecular flexibility index (Phi) is 6.42. The smallest absolute Gasteiger partial charge is 0.258 e.